The van der Waals surface area contributed by atoms with Crippen LogP contribution in [0.1, 0.15) is 46.2 Å². The van der Waals surface area contributed by atoms with Crippen molar-refractivity contribution >= 4 is 46.7 Å². The van der Waals surface area contributed by atoms with Gasteiger partial charge in [-0.05, 0) is 50.1 Å². The number of Topliss-reactive ketones (excluding diaryl/α,β-unsaturated/α-hetero) is 1. The number of nitrogens with two attached hydrogens (primary N) is 1. The van der Waals surface area contributed by atoms with Crippen molar-refractivity contribution in [3.63, 3.8) is 0 Å². The van der Waals surface area contributed by atoms with Crippen molar-refractivity contribution in [2.45, 2.75) is 38.0 Å². The molecule has 3 atom stereocenters. The van der Waals surface area contributed by atoms with Gasteiger partial charge >= 0.3 is 6.18 Å². The van der Waals surface area contributed by atoms with Crippen LogP contribution in [0.15, 0.2) is 36.5 Å². The molecule has 1 aromatic carbocycles. The lowest BCUT2D eigenvalue weighted by molar-refractivity contribution is -0.141. The third-order valence-corrected chi connectivity index (χ3v) is 5.80. The third kappa shape index (κ3) is 6.82. The summed E-state index contributed by atoms with van der Waals surface area (Å²) in [6.07, 6.45) is -3.81. The molecule has 0 unspecified atom stereocenters. The summed E-state index contributed by atoms with van der Waals surface area (Å²) < 4.78 is 38.9. The van der Waals surface area contributed by atoms with Crippen LogP contribution in [0.4, 0.5) is 18.9 Å². The zero-order chi connectivity index (χ0) is 27.5. The number of amides is 4. The van der Waals surface area contributed by atoms with Gasteiger partial charge in [0.25, 0.3) is 17.7 Å². The number of primary amides is 1. The Bertz CT molecular complexity index is 1270. The fraction of sp³-hybridized carbons (Fsp3) is 0.304. The van der Waals surface area contributed by atoms with Gasteiger partial charge in [-0.15, -0.1) is 0 Å². The number of ketones is 1. The van der Waals surface area contributed by atoms with Crippen LogP contribution in [0.5, 0.6) is 0 Å². The monoisotopic (exact) mass is 539 g/mol. The molecule has 14 heteroatoms. The van der Waals surface area contributed by atoms with E-state index in [9.17, 15) is 37.1 Å². The number of alkyl halides is 3. The number of benzene rings is 1. The maximum Gasteiger partial charge on any atom is 0.433 e. The van der Waals surface area contributed by atoms with Gasteiger partial charge in [-0.3, -0.25) is 29.0 Å². The average molecular weight is 540 g/mol. The predicted molar refractivity (Wildman–Crippen MR) is 124 cm³/mol. The number of hydrogen-bond acceptors (Lipinski definition) is 6. The summed E-state index contributed by atoms with van der Waals surface area (Å²) in [6, 6.07) is 3.67. The molecule has 5 N–H and O–H groups in total. The summed E-state index contributed by atoms with van der Waals surface area (Å²) in [6.45, 7) is 1.75. The van der Waals surface area contributed by atoms with Crippen LogP contribution < -0.4 is 21.7 Å². The van der Waals surface area contributed by atoms with Gasteiger partial charge in [0.15, 0.2) is 0 Å². The van der Waals surface area contributed by atoms with E-state index in [2.05, 4.69) is 20.9 Å². The molecule has 0 radical (unpaired) electrons. The van der Waals surface area contributed by atoms with E-state index in [0.717, 1.165) is 18.3 Å². The average Bonchev–Trinajstić information content (AvgIpc) is 3.14. The van der Waals surface area contributed by atoms with E-state index in [1.165, 1.54) is 12.1 Å². The molecule has 0 saturated carbocycles. The van der Waals surface area contributed by atoms with Crippen molar-refractivity contribution < 1.29 is 37.1 Å². The third-order valence-electron chi connectivity index (χ3n) is 5.57. The maximum absolute atomic E-state index is 13.1. The highest BCUT2D eigenvalue weighted by atomic mass is 35.5. The first-order chi connectivity index (χ1) is 17.3. The highest BCUT2D eigenvalue weighted by molar-refractivity contribution is 6.38. The van der Waals surface area contributed by atoms with Crippen LogP contribution in [0.2, 0.25) is 5.02 Å². The quantitative estimate of drug-likeness (QED) is 0.376. The topological polar surface area (TPSA) is 160 Å². The van der Waals surface area contributed by atoms with Crippen LogP contribution in [0.3, 0.4) is 0 Å². The molecule has 0 spiro atoms. The molecule has 3 rings (SSSR count). The van der Waals surface area contributed by atoms with Gasteiger partial charge in [-0.25, -0.2) is 0 Å². The van der Waals surface area contributed by atoms with Gasteiger partial charge in [0.2, 0.25) is 11.7 Å². The van der Waals surface area contributed by atoms with Gasteiger partial charge in [-0.1, -0.05) is 11.6 Å². The molecule has 4 amide bonds. The molecule has 2 heterocycles. The van der Waals surface area contributed by atoms with E-state index in [1.807, 2.05) is 0 Å². The Morgan fingerprint density at radius 1 is 1.19 bits per heavy atom. The minimum Gasteiger partial charge on any atom is -0.363 e. The number of carbonyl (C=O) groups is 5. The Kier molecular flexibility index (Phi) is 8.16. The lowest BCUT2D eigenvalue weighted by Gasteiger charge is -2.20. The van der Waals surface area contributed by atoms with E-state index in [1.54, 1.807) is 6.92 Å². The molecule has 1 aromatic heterocycles. The standard InChI is InChI=1S/C23H21ClF3N5O5/c1-10-6-12(21(36)30-10)7-16(18(33)19(28)34)32-22(37)14-9-13(24)2-3-15(14)31-20(35)11-4-5-29-17(8-11)23(25,26)27/h2-5,8-10,12,16H,6-7H2,1H3,(H2,28,34)(H,30,36)(H,31,35)(H,32,37)/t10-,12+,16+/m1/s1. The van der Waals surface area contributed by atoms with Crippen molar-refractivity contribution in [1.82, 2.24) is 15.6 Å². The normalized spacial score (nSPS) is 18.0. The van der Waals surface area contributed by atoms with E-state index >= 15 is 0 Å². The first-order valence-electron chi connectivity index (χ1n) is 10.8. The van der Waals surface area contributed by atoms with Gasteiger partial charge < -0.3 is 21.7 Å². The lowest BCUT2D eigenvalue weighted by Crippen LogP contribution is -2.47. The highest BCUT2D eigenvalue weighted by Crippen LogP contribution is 2.28. The van der Waals surface area contributed by atoms with Crippen molar-refractivity contribution in [2.75, 3.05) is 5.32 Å². The Hall–Kier alpha value is -4.00. The van der Waals surface area contributed by atoms with E-state index in [4.69, 9.17) is 17.3 Å². The smallest absolute Gasteiger partial charge is 0.363 e. The zero-order valence-corrected chi connectivity index (χ0v) is 19.9. The number of anilines is 1. The molecule has 0 aliphatic carbocycles. The second-order valence-corrected chi connectivity index (χ2v) is 8.84. The van der Waals surface area contributed by atoms with E-state index in [0.29, 0.717) is 12.5 Å². The summed E-state index contributed by atoms with van der Waals surface area (Å²) in [5.74, 6) is -5.41. The summed E-state index contributed by atoms with van der Waals surface area (Å²) >= 11 is 5.99. The lowest BCUT2D eigenvalue weighted by atomic mass is 9.94. The second-order valence-electron chi connectivity index (χ2n) is 8.40. The van der Waals surface area contributed by atoms with Crippen LogP contribution in [-0.2, 0) is 20.6 Å². The molecule has 1 aliphatic heterocycles. The molecule has 1 saturated heterocycles. The second kappa shape index (κ2) is 10.9. The molecular weight excluding hydrogens is 519 g/mol. The number of hydrogen-bond donors (Lipinski definition) is 4. The number of rotatable bonds is 8. The summed E-state index contributed by atoms with van der Waals surface area (Å²) in [4.78, 5) is 65.0. The largest absolute Gasteiger partial charge is 0.433 e. The van der Waals surface area contributed by atoms with Gasteiger partial charge in [-0.2, -0.15) is 13.2 Å². The van der Waals surface area contributed by atoms with Crippen LogP contribution in [0, 0.1) is 5.92 Å². The molecule has 2 aromatic rings. The number of halogens is 4. The molecule has 37 heavy (non-hydrogen) atoms. The van der Waals surface area contributed by atoms with Crippen molar-refractivity contribution in [3.8, 4) is 0 Å². The number of aromatic nitrogens is 1. The summed E-state index contributed by atoms with van der Waals surface area (Å²) in [5.41, 5.74) is 3.05. The van der Waals surface area contributed by atoms with Gasteiger partial charge in [0.05, 0.1) is 17.3 Å². The fourth-order valence-corrected chi connectivity index (χ4v) is 3.99. The Balaban J connectivity index is 1.85. The van der Waals surface area contributed by atoms with Gasteiger partial charge in [0.1, 0.15) is 5.69 Å². The molecule has 1 fully saturated rings. The van der Waals surface area contributed by atoms with Crippen molar-refractivity contribution in [3.05, 3.63) is 58.4 Å². The number of nitrogens with zero attached hydrogens (tertiary/aromatic N) is 1. The molecular formula is C23H21ClF3N5O5. The minimum atomic E-state index is -4.78. The minimum absolute atomic E-state index is 0.0631. The molecule has 0 bridgehead atoms. The van der Waals surface area contributed by atoms with Crippen molar-refractivity contribution in [1.29, 1.82) is 0 Å². The number of nitrogens with one attached hydrogen (secondary N) is 3. The Labute approximate surface area is 213 Å². The van der Waals surface area contributed by atoms with Crippen LogP contribution in [0.25, 0.3) is 0 Å². The molecule has 196 valence electrons. The van der Waals surface area contributed by atoms with E-state index in [-0.39, 0.29) is 40.2 Å². The Morgan fingerprint density at radius 3 is 2.49 bits per heavy atom. The number of carbonyl (C=O) groups excluding carboxylic acids is 5. The molecule has 10 nitrogen and oxygen atoms in total. The first kappa shape index (κ1) is 27.6. The predicted octanol–water partition coefficient (Wildman–Crippen LogP) is 2.07. The summed E-state index contributed by atoms with van der Waals surface area (Å²) in [5, 5.41) is 7.42. The Morgan fingerprint density at radius 2 is 1.89 bits per heavy atom. The highest BCUT2D eigenvalue weighted by Gasteiger charge is 2.36. The van der Waals surface area contributed by atoms with Gasteiger partial charge in [0, 0.05) is 28.7 Å². The van der Waals surface area contributed by atoms with Crippen molar-refractivity contribution in [2.24, 2.45) is 11.7 Å². The van der Waals surface area contributed by atoms with E-state index < -0.39 is 47.3 Å². The maximum atomic E-state index is 13.1. The number of pyridine rings is 1. The fourth-order valence-electron chi connectivity index (χ4n) is 3.82. The SMILES string of the molecule is C[C@@H]1C[C@@H](C[C@H](NC(=O)c2cc(Cl)ccc2NC(=O)c2ccnc(C(F)(F)F)c2)C(=O)C(N)=O)C(=O)N1. The zero-order valence-electron chi connectivity index (χ0n) is 19.2. The van der Waals surface area contributed by atoms with Crippen LogP contribution >= 0.6 is 11.6 Å². The van der Waals surface area contributed by atoms with Crippen LogP contribution in [-0.4, -0.2) is 46.5 Å². The molecule has 1 aliphatic rings. The first-order valence-corrected chi connectivity index (χ1v) is 11.2. The summed E-state index contributed by atoms with van der Waals surface area (Å²) in [7, 11) is 0.